The molecule has 5 rings (SSSR count). The molecule has 1 unspecified atom stereocenters. The predicted molar refractivity (Wildman–Crippen MR) is 148 cm³/mol. The molecule has 0 fully saturated rings. The molecule has 0 amide bonds. The van der Waals surface area contributed by atoms with E-state index in [0.717, 1.165) is 11.1 Å². The van der Waals surface area contributed by atoms with Gasteiger partial charge in [0.25, 0.3) is 5.56 Å². The second-order valence-corrected chi connectivity index (χ2v) is 9.92. The number of carbonyl (C=O) groups excluding carboxylic acids is 2. The van der Waals surface area contributed by atoms with Gasteiger partial charge in [0.2, 0.25) is 0 Å². The molecule has 198 valence electrons. The highest BCUT2D eigenvalue weighted by atomic mass is 32.1. The van der Waals surface area contributed by atoms with Gasteiger partial charge in [-0.25, -0.2) is 9.79 Å². The summed E-state index contributed by atoms with van der Waals surface area (Å²) in [5, 5.41) is 0. The fourth-order valence-electron chi connectivity index (χ4n) is 4.48. The number of carbonyl (C=O) groups is 2. The minimum Gasteiger partial charge on any atom is -0.497 e. The number of ether oxygens (including phenoxy) is 2. The second-order valence-electron chi connectivity index (χ2n) is 8.91. The molecule has 1 atom stereocenters. The molecule has 8 nitrogen and oxygen atoms in total. The number of fused-ring (bicyclic) bond motifs is 1. The number of rotatable bonds is 7. The highest BCUT2D eigenvalue weighted by Crippen LogP contribution is 2.31. The first-order valence-corrected chi connectivity index (χ1v) is 13.2. The van der Waals surface area contributed by atoms with Crippen LogP contribution in [0.15, 0.2) is 86.1 Å². The van der Waals surface area contributed by atoms with E-state index in [1.54, 1.807) is 57.4 Å². The maximum atomic E-state index is 13.7. The lowest BCUT2D eigenvalue weighted by atomic mass is 9.96. The van der Waals surface area contributed by atoms with Crippen molar-refractivity contribution in [3.05, 3.63) is 109 Å². The van der Waals surface area contributed by atoms with E-state index >= 15 is 0 Å². The van der Waals surface area contributed by atoms with E-state index in [2.05, 4.69) is 4.99 Å². The SMILES string of the molecule is CCOC(=O)C1=C(C)N=c2sc(=Cc3ccc(-c4ccc(C(C)=O)cc4)o3)c(=O)n2C1c1ccc(OC)cc1. The fraction of sp³-hybridized carbons (Fsp3) is 0.200. The molecule has 4 aromatic rings. The van der Waals surface area contributed by atoms with Crippen LogP contribution >= 0.6 is 11.3 Å². The third-order valence-corrected chi connectivity index (χ3v) is 7.41. The number of furan rings is 1. The molecule has 2 aromatic heterocycles. The lowest BCUT2D eigenvalue weighted by Crippen LogP contribution is -2.39. The van der Waals surface area contributed by atoms with Crippen LogP contribution < -0.4 is 19.6 Å². The molecule has 2 aromatic carbocycles. The Morgan fingerprint density at radius 2 is 1.79 bits per heavy atom. The number of ketones is 1. The van der Waals surface area contributed by atoms with Crippen LogP contribution in [-0.4, -0.2) is 30.0 Å². The molecule has 0 saturated carbocycles. The molecule has 3 heterocycles. The van der Waals surface area contributed by atoms with Crippen molar-refractivity contribution in [3.63, 3.8) is 0 Å². The Morgan fingerprint density at radius 3 is 2.44 bits per heavy atom. The minimum atomic E-state index is -0.708. The van der Waals surface area contributed by atoms with Crippen LogP contribution in [0.2, 0.25) is 0 Å². The number of hydrogen-bond donors (Lipinski definition) is 0. The van der Waals surface area contributed by atoms with Crippen LogP contribution in [0.5, 0.6) is 5.75 Å². The minimum absolute atomic E-state index is 0.00801. The average Bonchev–Trinajstić information content (AvgIpc) is 3.52. The maximum absolute atomic E-state index is 13.7. The van der Waals surface area contributed by atoms with E-state index in [-0.39, 0.29) is 17.9 Å². The van der Waals surface area contributed by atoms with Crippen LogP contribution in [0.3, 0.4) is 0 Å². The van der Waals surface area contributed by atoms with Crippen LogP contribution in [0.25, 0.3) is 17.4 Å². The van der Waals surface area contributed by atoms with Gasteiger partial charge in [-0.15, -0.1) is 0 Å². The van der Waals surface area contributed by atoms with Gasteiger partial charge in [0.15, 0.2) is 10.6 Å². The van der Waals surface area contributed by atoms with E-state index in [1.807, 2.05) is 30.3 Å². The number of thiazole rings is 1. The number of Topliss-reactive ketones (excluding diaryl/α,β-unsaturated/α-hetero) is 1. The summed E-state index contributed by atoms with van der Waals surface area (Å²) in [5.74, 6) is 1.25. The van der Waals surface area contributed by atoms with E-state index in [4.69, 9.17) is 13.9 Å². The normalized spacial score (nSPS) is 15.1. The molecule has 0 radical (unpaired) electrons. The summed E-state index contributed by atoms with van der Waals surface area (Å²) < 4.78 is 18.6. The van der Waals surface area contributed by atoms with Gasteiger partial charge in [0.05, 0.1) is 35.6 Å². The van der Waals surface area contributed by atoms with Gasteiger partial charge in [-0.1, -0.05) is 47.7 Å². The van der Waals surface area contributed by atoms with Gasteiger partial charge >= 0.3 is 5.97 Å². The summed E-state index contributed by atoms with van der Waals surface area (Å²) >= 11 is 1.22. The Hall–Kier alpha value is -4.50. The number of esters is 1. The fourth-order valence-corrected chi connectivity index (χ4v) is 5.50. The topological polar surface area (TPSA) is 100 Å². The first kappa shape index (κ1) is 26.1. The number of hydrogen-bond acceptors (Lipinski definition) is 8. The Labute approximate surface area is 228 Å². The quantitative estimate of drug-likeness (QED) is 0.255. The Kier molecular flexibility index (Phi) is 7.17. The summed E-state index contributed by atoms with van der Waals surface area (Å²) in [6.07, 6.45) is 1.67. The molecule has 9 heteroatoms. The molecule has 39 heavy (non-hydrogen) atoms. The number of methoxy groups -OCH3 is 1. The number of nitrogens with zero attached hydrogens (tertiary/aromatic N) is 2. The number of allylic oxidation sites excluding steroid dienone is 1. The zero-order valence-corrected chi connectivity index (χ0v) is 22.7. The molecule has 0 N–H and O–H groups in total. The van der Waals surface area contributed by atoms with Crippen molar-refractivity contribution in [1.82, 2.24) is 4.57 Å². The van der Waals surface area contributed by atoms with Crippen molar-refractivity contribution in [1.29, 1.82) is 0 Å². The zero-order valence-electron chi connectivity index (χ0n) is 21.9. The smallest absolute Gasteiger partial charge is 0.338 e. The monoisotopic (exact) mass is 542 g/mol. The van der Waals surface area contributed by atoms with Gasteiger partial charge in [0, 0.05) is 17.2 Å². The van der Waals surface area contributed by atoms with Crippen molar-refractivity contribution in [2.45, 2.75) is 26.8 Å². The van der Waals surface area contributed by atoms with Crippen molar-refractivity contribution in [2.75, 3.05) is 13.7 Å². The molecule has 1 aliphatic heterocycles. The van der Waals surface area contributed by atoms with Gasteiger partial charge in [-0.2, -0.15) is 0 Å². The van der Waals surface area contributed by atoms with Crippen LogP contribution in [0.1, 0.15) is 48.5 Å². The first-order chi connectivity index (χ1) is 18.8. The van der Waals surface area contributed by atoms with Crippen LogP contribution in [-0.2, 0) is 9.53 Å². The lowest BCUT2D eigenvalue weighted by Gasteiger charge is -2.24. The van der Waals surface area contributed by atoms with Gasteiger partial charge in [-0.3, -0.25) is 14.2 Å². The molecule has 0 bridgehead atoms. The van der Waals surface area contributed by atoms with Crippen molar-refractivity contribution in [2.24, 2.45) is 4.99 Å². The van der Waals surface area contributed by atoms with Gasteiger partial charge < -0.3 is 13.9 Å². The summed E-state index contributed by atoms with van der Waals surface area (Å²) in [7, 11) is 1.58. The largest absolute Gasteiger partial charge is 0.497 e. The third-order valence-electron chi connectivity index (χ3n) is 6.42. The number of aromatic nitrogens is 1. The van der Waals surface area contributed by atoms with Crippen LogP contribution in [0.4, 0.5) is 0 Å². The van der Waals surface area contributed by atoms with Gasteiger partial charge in [-0.05, 0) is 50.6 Å². The summed E-state index contributed by atoms with van der Waals surface area (Å²) in [6.45, 7) is 5.21. The van der Waals surface area contributed by atoms with Crippen molar-refractivity contribution < 1.29 is 23.5 Å². The highest BCUT2D eigenvalue weighted by Gasteiger charge is 2.33. The maximum Gasteiger partial charge on any atom is 0.338 e. The molecule has 0 saturated heterocycles. The van der Waals surface area contributed by atoms with E-state index in [0.29, 0.717) is 43.4 Å². The van der Waals surface area contributed by atoms with E-state index in [9.17, 15) is 14.4 Å². The molecule has 0 spiro atoms. The molecular weight excluding hydrogens is 516 g/mol. The Bertz CT molecular complexity index is 1770. The summed E-state index contributed by atoms with van der Waals surface area (Å²) in [4.78, 5) is 43.4. The van der Waals surface area contributed by atoms with Crippen LogP contribution in [0, 0.1) is 0 Å². The average molecular weight is 543 g/mol. The van der Waals surface area contributed by atoms with E-state index < -0.39 is 12.0 Å². The first-order valence-electron chi connectivity index (χ1n) is 12.4. The zero-order chi connectivity index (χ0) is 27.7. The van der Waals surface area contributed by atoms with Gasteiger partial charge in [0.1, 0.15) is 17.3 Å². The number of benzene rings is 2. The van der Waals surface area contributed by atoms with Crippen molar-refractivity contribution in [3.8, 4) is 17.1 Å². The predicted octanol–water partition coefficient (Wildman–Crippen LogP) is 4.27. The van der Waals surface area contributed by atoms with Crippen molar-refractivity contribution >= 4 is 29.2 Å². The molecule has 1 aliphatic rings. The second kappa shape index (κ2) is 10.7. The Morgan fingerprint density at radius 1 is 1.08 bits per heavy atom. The lowest BCUT2D eigenvalue weighted by molar-refractivity contribution is -0.139. The van der Waals surface area contributed by atoms with E-state index in [1.165, 1.54) is 22.8 Å². The third kappa shape index (κ3) is 5.00. The molecule has 0 aliphatic carbocycles. The molecular formula is C30H26N2O6S. The summed E-state index contributed by atoms with van der Waals surface area (Å²) in [6, 6.07) is 17.3. The summed E-state index contributed by atoms with van der Waals surface area (Å²) in [5.41, 5.74) is 2.69. The standard InChI is InChI=1S/C30H26N2O6S/c1-5-37-29(35)26-17(2)31-30-32(27(26)21-10-12-22(36-4)13-11-21)28(34)25(39-30)16-23-14-15-24(38-23)20-8-6-19(7-9-20)18(3)33/h6-16,27H,5H2,1-4H3. The highest BCUT2D eigenvalue weighted by molar-refractivity contribution is 7.07. The Balaban J connectivity index is 1.59.